The highest BCUT2D eigenvalue weighted by atomic mass is 35.5. The average molecular weight is 282 g/mol. The molecular weight excluding hydrogens is 270 g/mol. The molecule has 1 amide bonds. The number of hydrogen-bond donors (Lipinski definition) is 1. The Balaban J connectivity index is 2.10. The van der Waals surface area contributed by atoms with Gasteiger partial charge in [-0.1, -0.05) is 41.2 Å². The first-order valence-corrected chi connectivity index (χ1v) is 6.80. The maximum Gasteiger partial charge on any atom is 0.227 e. The van der Waals surface area contributed by atoms with Crippen molar-refractivity contribution in [1.82, 2.24) is 10.2 Å². The summed E-state index contributed by atoms with van der Waals surface area (Å²) in [4.78, 5) is 11.3. The van der Waals surface area contributed by atoms with Crippen molar-refractivity contribution in [1.29, 1.82) is 0 Å². The van der Waals surface area contributed by atoms with Crippen molar-refractivity contribution in [3.8, 4) is 10.6 Å². The van der Waals surface area contributed by atoms with Gasteiger partial charge in [-0.15, -0.1) is 21.8 Å². The molecule has 0 saturated carbocycles. The summed E-state index contributed by atoms with van der Waals surface area (Å²) in [7, 11) is 0. The topological polar surface area (TPSA) is 54.9 Å². The quantitative estimate of drug-likeness (QED) is 0.876. The number of nitrogens with zero attached hydrogens (tertiary/aromatic N) is 2. The number of alkyl halides is 1. The van der Waals surface area contributed by atoms with Gasteiger partial charge >= 0.3 is 0 Å². The zero-order chi connectivity index (χ0) is 13.0. The van der Waals surface area contributed by atoms with E-state index >= 15 is 0 Å². The number of carbonyl (C=O) groups is 1. The van der Waals surface area contributed by atoms with Crippen molar-refractivity contribution in [2.45, 2.75) is 13.3 Å². The van der Waals surface area contributed by atoms with Crippen LogP contribution in [-0.2, 0) is 4.79 Å². The third-order valence-electron chi connectivity index (χ3n) is 2.29. The molecule has 18 heavy (non-hydrogen) atoms. The van der Waals surface area contributed by atoms with Crippen molar-refractivity contribution in [3.63, 3.8) is 0 Å². The third-order valence-corrected chi connectivity index (χ3v) is 3.37. The lowest BCUT2D eigenvalue weighted by molar-refractivity contribution is -0.115. The molecule has 0 unspecified atom stereocenters. The van der Waals surface area contributed by atoms with E-state index in [0.717, 1.165) is 10.6 Å². The lowest BCUT2D eigenvalue weighted by Gasteiger charge is -1.97. The van der Waals surface area contributed by atoms with Crippen molar-refractivity contribution in [2.75, 3.05) is 11.2 Å². The van der Waals surface area contributed by atoms with Crippen LogP contribution in [0.5, 0.6) is 0 Å². The summed E-state index contributed by atoms with van der Waals surface area (Å²) in [5.41, 5.74) is 2.19. The molecule has 0 atom stereocenters. The van der Waals surface area contributed by atoms with E-state index in [1.54, 1.807) is 0 Å². The molecule has 1 aromatic carbocycles. The van der Waals surface area contributed by atoms with Gasteiger partial charge in [0.1, 0.15) is 5.01 Å². The molecule has 0 fully saturated rings. The molecule has 6 heteroatoms. The fourth-order valence-corrected chi connectivity index (χ4v) is 2.29. The first kappa shape index (κ1) is 13.0. The van der Waals surface area contributed by atoms with Crippen LogP contribution in [0, 0.1) is 6.92 Å². The van der Waals surface area contributed by atoms with Crippen LogP contribution < -0.4 is 5.32 Å². The van der Waals surface area contributed by atoms with Crippen molar-refractivity contribution < 1.29 is 4.79 Å². The van der Waals surface area contributed by atoms with Gasteiger partial charge in [0.25, 0.3) is 0 Å². The second-order valence-electron chi connectivity index (χ2n) is 3.77. The van der Waals surface area contributed by atoms with Crippen LogP contribution in [0.4, 0.5) is 5.13 Å². The Morgan fingerprint density at radius 3 is 2.72 bits per heavy atom. The number of amides is 1. The molecule has 1 aromatic heterocycles. The minimum atomic E-state index is -0.142. The maximum atomic E-state index is 11.3. The summed E-state index contributed by atoms with van der Waals surface area (Å²) >= 11 is 6.83. The first-order chi connectivity index (χ1) is 8.69. The fraction of sp³-hybridized carbons (Fsp3) is 0.250. The molecule has 0 aliphatic carbocycles. The van der Waals surface area contributed by atoms with E-state index in [-0.39, 0.29) is 12.3 Å². The highest BCUT2D eigenvalue weighted by molar-refractivity contribution is 7.18. The second-order valence-corrected chi connectivity index (χ2v) is 5.12. The van der Waals surface area contributed by atoms with E-state index < -0.39 is 0 Å². The van der Waals surface area contributed by atoms with Crippen LogP contribution in [0.1, 0.15) is 12.0 Å². The van der Waals surface area contributed by atoms with E-state index in [2.05, 4.69) is 15.5 Å². The highest BCUT2D eigenvalue weighted by Crippen LogP contribution is 2.26. The maximum absolute atomic E-state index is 11.3. The Kier molecular flexibility index (Phi) is 4.28. The molecule has 0 saturated heterocycles. The van der Waals surface area contributed by atoms with Crippen LogP contribution in [-0.4, -0.2) is 22.0 Å². The SMILES string of the molecule is Cc1ccc(-c2nnc(NC(=O)CCCl)s2)cc1. The van der Waals surface area contributed by atoms with Crippen LogP contribution in [0.2, 0.25) is 0 Å². The molecule has 2 rings (SSSR count). The Morgan fingerprint density at radius 2 is 2.06 bits per heavy atom. The first-order valence-electron chi connectivity index (χ1n) is 5.45. The molecular formula is C12H12ClN3OS. The number of aryl methyl sites for hydroxylation is 1. The van der Waals surface area contributed by atoms with E-state index in [9.17, 15) is 4.79 Å². The molecule has 0 aliphatic heterocycles. The second kappa shape index (κ2) is 5.93. The Morgan fingerprint density at radius 1 is 1.33 bits per heavy atom. The van der Waals surface area contributed by atoms with Crippen LogP contribution in [0.15, 0.2) is 24.3 Å². The van der Waals surface area contributed by atoms with Gasteiger partial charge in [-0.25, -0.2) is 0 Å². The minimum Gasteiger partial charge on any atom is -0.300 e. The van der Waals surface area contributed by atoms with Gasteiger partial charge in [0.2, 0.25) is 11.0 Å². The molecule has 1 heterocycles. The molecule has 94 valence electrons. The number of rotatable bonds is 4. The lowest BCUT2D eigenvalue weighted by Crippen LogP contribution is -2.11. The zero-order valence-electron chi connectivity index (χ0n) is 9.81. The molecule has 0 aliphatic rings. The number of halogens is 1. The normalized spacial score (nSPS) is 10.3. The lowest BCUT2D eigenvalue weighted by atomic mass is 10.2. The van der Waals surface area contributed by atoms with E-state index in [1.807, 2.05) is 31.2 Å². The fourth-order valence-electron chi connectivity index (χ4n) is 1.35. The van der Waals surface area contributed by atoms with Crippen molar-refractivity contribution >= 4 is 34.0 Å². The molecule has 2 aromatic rings. The summed E-state index contributed by atoms with van der Waals surface area (Å²) < 4.78 is 0. The summed E-state index contributed by atoms with van der Waals surface area (Å²) in [6.07, 6.45) is 0.279. The van der Waals surface area contributed by atoms with Crippen LogP contribution in [0.25, 0.3) is 10.6 Å². The summed E-state index contributed by atoms with van der Waals surface area (Å²) in [5, 5.41) is 11.9. The van der Waals surface area contributed by atoms with Gasteiger partial charge in [-0.05, 0) is 6.92 Å². The highest BCUT2D eigenvalue weighted by Gasteiger charge is 2.08. The Bertz CT molecular complexity index is 539. The number of aromatic nitrogens is 2. The van der Waals surface area contributed by atoms with Crippen molar-refractivity contribution in [2.24, 2.45) is 0 Å². The Labute approximate surface area is 114 Å². The van der Waals surface area contributed by atoms with Gasteiger partial charge in [0, 0.05) is 17.9 Å². The average Bonchev–Trinajstić information content (AvgIpc) is 2.78. The number of benzene rings is 1. The number of carbonyl (C=O) groups excluding carboxylic acids is 1. The largest absolute Gasteiger partial charge is 0.300 e. The number of anilines is 1. The van der Waals surface area contributed by atoms with Gasteiger partial charge in [0.05, 0.1) is 0 Å². The van der Waals surface area contributed by atoms with Crippen LogP contribution in [0.3, 0.4) is 0 Å². The smallest absolute Gasteiger partial charge is 0.227 e. The van der Waals surface area contributed by atoms with Gasteiger partial charge < -0.3 is 5.32 Å². The molecule has 4 nitrogen and oxygen atoms in total. The van der Waals surface area contributed by atoms with E-state index in [0.29, 0.717) is 11.0 Å². The van der Waals surface area contributed by atoms with Gasteiger partial charge in [-0.3, -0.25) is 4.79 Å². The van der Waals surface area contributed by atoms with Gasteiger partial charge in [-0.2, -0.15) is 0 Å². The number of nitrogens with one attached hydrogen (secondary N) is 1. The number of hydrogen-bond acceptors (Lipinski definition) is 4. The third kappa shape index (κ3) is 3.27. The molecule has 0 bridgehead atoms. The van der Waals surface area contributed by atoms with Crippen LogP contribution >= 0.6 is 22.9 Å². The standard InChI is InChI=1S/C12H12ClN3OS/c1-8-2-4-9(5-3-8)11-15-16-12(18-11)14-10(17)6-7-13/h2-5H,6-7H2,1H3,(H,14,16,17). The predicted molar refractivity (Wildman–Crippen MR) is 74.0 cm³/mol. The van der Waals surface area contributed by atoms with Gasteiger partial charge in [0.15, 0.2) is 0 Å². The summed E-state index contributed by atoms with van der Waals surface area (Å²) in [6, 6.07) is 8.01. The summed E-state index contributed by atoms with van der Waals surface area (Å²) in [5.74, 6) is 0.159. The zero-order valence-corrected chi connectivity index (χ0v) is 11.4. The van der Waals surface area contributed by atoms with Crippen molar-refractivity contribution in [3.05, 3.63) is 29.8 Å². The summed E-state index contributed by atoms with van der Waals surface area (Å²) in [6.45, 7) is 2.03. The monoisotopic (exact) mass is 281 g/mol. The molecule has 1 N–H and O–H groups in total. The molecule has 0 spiro atoms. The molecule has 0 radical (unpaired) electrons. The predicted octanol–water partition coefficient (Wildman–Crippen LogP) is 3.08. The minimum absolute atomic E-state index is 0.142. The van der Waals surface area contributed by atoms with E-state index in [1.165, 1.54) is 16.9 Å². The Hall–Kier alpha value is -1.46. The van der Waals surface area contributed by atoms with E-state index in [4.69, 9.17) is 11.6 Å².